The molecule has 2 rings (SSSR count). The topological polar surface area (TPSA) is 64.8 Å². The summed E-state index contributed by atoms with van der Waals surface area (Å²) in [5, 5.41) is 0. The van der Waals surface area contributed by atoms with Crippen molar-refractivity contribution in [2.75, 3.05) is 32.8 Å². The Labute approximate surface area is 150 Å². The van der Waals surface area contributed by atoms with E-state index in [1.807, 2.05) is 29.2 Å². The molecule has 0 aromatic heterocycles. The average Bonchev–Trinajstić information content (AvgIpc) is 2.61. The lowest BCUT2D eigenvalue weighted by atomic mass is 10.1. The minimum Gasteiger partial charge on any atom is -0.484 e. The van der Waals surface area contributed by atoms with Gasteiger partial charge in [0.05, 0.1) is 6.10 Å². The fourth-order valence-corrected chi connectivity index (χ4v) is 2.66. The van der Waals surface area contributed by atoms with Crippen molar-refractivity contribution >= 4 is 18.3 Å². The van der Waals surface area contributed by atoms with E-state index in [4.69, 9.17) is 15.2 Å². The minimum absolute atomic E-state index is 0. The largest absolute Gasteiger partial charge is 0.484 e. The molecule has 0 atom stereocenters. The van der Waals surface area contributed by atoms with Crippen LogP contribution in [0.15, 0.2) is 24.3 Å². The molecular weight excluding hydrogens is 328 g/mol. The molecule has 0 spiro atoms. The van der Waals surface area contributed by atoms with E-state index in [0.29, 0.717) is 13.2 Å². The number of nitrogens with zero attached hydrogens (tertiary/aromatic N) is 1. The third-order valence-corrected chi connectivity index (χ3v) is 4.19. The highest BCUT2D eigenvalue weighted by atomic mass is 35.5. The fraction of sp³-hybridized carbons (Fsp3) is 0.611. The van der Waals surface area contributed by atoms with Gasteiger partial charge in [0.25, 0.3) is 5.91 Å². The van der Waals surface area contributed by atoms with E-state index >= 15 is 0 Å². The molecule has 1 saturated heterocycles. The van der Waals surface area contributed by atoms with Crippen LogP contribution in [0.1, 0.15) is 31.7 Å². The molecule has 24 heavy (non-hydrogen) atoms. The van der Waals surface area contributed by atoms with Crippen LogP contribution in [0.2, 0.25) is 0 Å². The summed E-state index contributed by atoms with van der Waals surface area (Å²) >= 11 is 0. The molecule has 136 valence electrons. The number of benzene rings is 1. The van der Waals surface area contributed by atoms with Crippen molar-refractivity contribution in [2.45, 2.75) is 38.7 Å². The Balaban J connectivity index is 0.00000288. The van der Waals surface area contributed by atoms with Gasteiger partial charge in [-0.15, -0.1) is 12.4 Å². The van der Waals surface area contributed by atoms with E-state index in [-0.39, 0.29) is 31.0 Å². The zero-order chi connectivity index (χ0) is 16.5. The number of amides is 1. The summed E-state index contributed by atoms with van der Waals surface area (Å²) in [6.45, 7) is 5.07. The number of likely N-dealkylation sites (tertiary alicyclic amines) is 1. The number of carbonyl (C=O) groups excluding carboxylic acids is 1. The van der Waals surface area contributed by atoms with Crippen LogP contribution >= 0.6 is 12.4 Å². The van der Waals surface area contributed by atoms with Crippen LogP contribution in [-0.4, -0.2) is 49.8 Å². The highest BCUT2D eigenvalue weighted by Gasteiger charge is 2.23. The maximum absolute atomic E-state index is 12.2. The first-order valence-electron chi connectivity index (χ1n) is 8.54. The molecular formula is C18H29ClN2O3. The van der Waals surface area contributed by atoms with Crippen molar-refractivity contribution < 1.29 is 14.3 Å². The van der Waals surface area contributed by atoms with E-state index in [0.717, 1.165) is 44.5 Å². The van der Waals surface area contributed by atoms with Crippen LogP contribution in [0, 0.1) is 0 Å². The number of hydrogen-bond acceptors (Lipinski definition) is 4. The summed E-state index contributed by atoms with van der Waals surface area (Å²) in [6.07, 6.45) is 3.93. The molecule has 1 aliphatic rings. The zero-order valence-corrected chi connectivity index (χ0v) is 15.2. The Bertz CT molecular complexity index is 474. The summed E-state index contributed by atoms with van der Waals surface area (Å²) in [6, 6.07) is 7.90. The lowest BCUT2D eigenvalue weighted by molar-refractivity contribution is -0.136. The lowest BCUT2D eigenvalue weighted by Gasteiger charge is -2.31. The molecule has 6 heteroatoms. The average molecular weight is 357 g/mol. The second kappa shape index (κ2) is 11.3. The lowest BCUT2D eigenvalue weighted by Crippen LogP contribution is -2.43. The molecule has 5 nitrogen and oxygen atoms in total. The summed E-state index contributed by atoms with van der Waals surface area (Å²) < 4.78 is 11.3. The Morgan fingerprint density at radius 2 is 1.92 bits per heavy atom. The number of hydrogen-bond donors (Lipinski definition) is 1. The van der Waals surface area contributed by atoms with Crippen LogP contribution in [0.5, 0.6) is 5.75 Å². The van der Waals surface area contributed by atoms with Gasteiger partial charge in [-0.1, -0.05) is 19.1 Å². The number of halogens is 1. The highest BCUT2D eigenvalue weighted by Crippen LogP contribution is 2.16. The van der Waals surface area contributed by atoms with E-state index in [9.17, 15) is 4.79 Å². The van der Waals surface area contributed by atoms with E-state index < -0.39 is 0 Å². The smallest absolute Gasteiger partial charge is 0.260 e. The Kier molecular flexibility index (Phi) is 9.76. The minimum atomic E-state index is 0. The fourth-order valence-electron chi connectivity index (χ4n) is 2.66. The number of carbonyl (C=O) groups is 1. The van der Waals surface area contributed by atoms with Crippen LogP contribution in [-0.2, 0) is 16.0 Å². The predicted octanol–water partition coefficient (Wildman–Crippen LogP) is 2.41. The maximum atomic E-state index is 12.2. The van der Waals surface area contributed by atoms with Crippen molar-refractivity contribution in [3.63, 3.8) is 0 Å². The number of piperidine rings is 1. The zero-order valence-electron chi connectivity index (χ0n) is 14.4. The van der Waals surface area contributed by atoms with Crippen molar-refractivity contribution in [3.05, 3.63) is 29.8 Å². The second-order valence-electron chi connectivity index (χ2n) is 5.88. The number of ether oxygens (including phenoxy) is 2. The molecule has 1 amide bonds. The van der Waals surface area contributed by atoms with Crippen LogP contribution in [0.4, 0.5) is 0 Å². The van der Waals surface area contributed by atoms with Gasteiger partial charge in [-0.3, -0.25) is 4.79 Å². The van der Waals surface area contributed by atoms with Gasteiger partial charge in [-0.25, -0.2) is 0 Å². The first-order valence-corrected chi connectivity index (χ1v) is 8.54. The standard InChI is InChI=1S/C18H28N2O3.ClH/c1-2-15-4-6-16(7-5-15)23-14-18(21)20-11-8-17(9-12-20)22-13-3-10-19;/h4-7,17H,2-3,8-14,19H2,1H3;1H. The molecule has 0 saturated carbocycles. The van der Waals surface area contributed by atoms with Crippen LogP contribution in [0.3, 0.4) is 0 Å². The highest BCUT2D eigenvalue weighted by molar-refractivity contribution is 5.85. The number of rotatable bonds is 8. The Hall–Kier alpha value is -1.30. The third kappa shape index (κ3) is 6.67. The first-order chi connectivity index (χ1) is 11.2. The summed E-state index contributed by atoms with van der Waals surface area (Å²) in [5.74, 6) is 0.792. The molecule has 1 fully saturated rings. The normalized spacial score (nSPS) is 15.0. The van der Waals surface area contributed by atoms with Crippen molar-refractivity contribution in [3.8, 4) is 5.75 Å². The van der Waals surface area contributed by atoms with E-state index in [2.05, 4.69) is 6.92 Å². The van der Waals surface area contributed by atoms with Gasteiger partial charge in [0.2, 0.25) is 0 Å². The number of aryl methyl sites for hydroxylation is 1. The molecule has 1 aliphatic heterocycles. The Morgan fingerprint density at radius 3 is 2.50 bits per heavy atom. The van der Waals surface area contributed by atoms with Crippen LogP contribution < -0.4 is 10.5 Å². The second-order valence-corrected chi connectivity index (χ2v) is 5.88. The molecule has 1 heterocycles. The van der Waals surface area contributed by atoms with Gasteiger partial charge in [0.15, 0.2) is 6.61 Å². The molecule has 0 radical (unpaired) electrons. The monoisotopic (exact) mass is 356 g/mol. The molecule has 0 aliphatic carbocycles. The van der Waals surface area contributed by atoms with Crippen LogP contribution in [0.25, 0.3) is 0 Å². The summed E-state index contributed by atoms with van der Waals surface area (Å²) in [4.78, 5) is 14.1. The van der Waals surface area contributed by atoms with Crippen molar-refractivity contribution in [1.29, 1.82) is 0 Å². The molecule has 0 bridgehead atoms. The van der Waals surface area contributed by atoms with Gasteiger partial charge in [-0.05, 0) is 49.9 Å². The van der Waals surface area contributed by atoms with Gasteiger partial charge >= 0.3 is 0 Å². The van der Waals surface area contributed by atoms with E-state index in [1.165, 1.54) is 5.56 Å². The third-order valence-electron chi connectivity index (χ3n) is 4.19. The van der Waals surface area contributed by atoms with E-state index in [1.54, 1.807) is 0 Å². The van der Waals surface area contributed by atoms with Gasteiger partial charge < -0.3 is 20.1 Å². The van der Waals surface area contributed by atoms with Gasteiger partial charge in [0, 0.05) is 19.7 Å². The van der Waals surface area contributed by atoms with Crippen molar-refractivity contribution in [1.82, 2.24) is 4.90 Å². The first kappa shape index (κ1) is 20.7. The molecule has 1 aromatic carbocycles. The number of nitrogens with two attached hydrogens (primary N) is 1. The summed E-state index contributed by atoms with van der Waals surface area (Å²) in [7, 11) is 0. The molecule has 0 unspecified atom stereocenters. The van der Waals surface area contributed by atoms with Gasteiger partial charge in [0.1, 0.15) is 5.75 Å². The molecule has 1 aromatic rings. The summed E-state index contributed by atoms with van der Waals surface area (Å²) in [5.41, 5.74) is 6.72. The van der Waals surface area contributed by atoms with Gasteiger partial charge in [-0.2, -0.15) is 0 Å². The Morgan fingerprint density at radius 1 is 1.25 bits per heavy atom. The van der Waals surface area contributed by atoms with Crippen molar-refractivity contribution in [2.24, 2.45) is 5.73 Å². The maximum Gasteiger partial charge on any atom is 0.260 e. The molecule has 2 N–H and O–H groups in total. The quantitative estimate of drug-likeness (QED) is 0.726. The SMILES string of the molecule is CCc1ccc(OCC(=O)N2CCC(OCCCN)CC2)cc1.Cl. The predicted molar refractivity (Wildman–Crippen MR) is 97.8 cm³/mol.